The Bertz CT molecular complexity index is 321. The lowest BCUT2D eigenvalue weighted by Gasteiger charge is -2.14. The molecule has 1 aromatic carbocycles. The number of halogens is 1. The Morgan fingerprint density at radius 3 is 2.53 bits per heavy atom. The molecule has 0 aliphatic rings. The Balaban J connectivity index is 2.57. The van der Waals surface area contributed by atoms with E-state index in [1.807, 2.05) is 12.1 Å². The third-order valence-electron chi connectivity index (χ3n) is 2.22. The molecule has 0 bridgehead atoms. The van der Waals surface area contributed by atoms with Crippen molar-refractivity contribution in [2.75, 3.05) is 13.7 Å². The minimum Gasteiger partial charge on any atom is -0.497 e. The molecule has 0 aromatic heterocycles. The molecular weight excluding hydrogens is 254 g/mol. The van der Waals surface area contributed by atoms with Crippen molar-refractivity contribution in [1.82, 2.24) is 5.32 Å². The molecule has 0 unspecified atom stereocenters. The highest BCUT2D eigenvalue weighted by Gasteiger charge is 2.04. The SMILES string of the molecule is C=C(Br)CN[C@@H](C)c1ccc(OC)cc1. The number of ether oxygens (including phenoxy) is 1. The molecule has 3 heteroatoms. The molecule has 1 rings (SSSR count). The predicted molar refractivity (Wildman–Crippen MR) is 67.5 cm³/mol. The zero-order chi connectivity index (χ0) is 11.3. The van der Waals surface area contributed by atoms with Crippen molar-refractivity contribution >= 4 is 15.9 Å². The van der Waals surface area contributed by atoms with E-state index in [1.54, 1.807) is 7.11 Å². The zero-order valence-corrected chi connectivity index (χ0v) is 10.7. The van der Waals surface area contributed by atoms with Crippen LogP contribution in [-0.4, -0.2) is 13.7 Å². The van der Waals surface area contributed by atoms with Crippen LogP contribution in [0.3, 0.4) is 0 Å². The highest BCUT2D eigenvalue weighted by atomic mass is 79.9. The van der Waals surface area contributed by atoms with Crippen molar-refractivity contribution in [1.29, 1.82) is 0 Å². The van der Waals surface area contributed by atoms with Crippen LogP contribution in [0.2, 0.25) is 0 Å². The molecule has 0 radical (unpaired) electrons. The number of rotatable bonds is 5. The highest BCUT2D eigenvalue weighted by molar-refractivity contribution is 9.11. The predicted octanol–water partition coefficient (Wildman–Crippen LogP) is 3.25. The molecule has 0 spiro atoms. The zero-order valence-electron chi connectivity index (χ0n) is 9.09. The lowest BCUT2D eigenvalue weighted by Crippen LogP contribution is -2.19. The van der Waals surface area contributed by atoms with E-state index in [2.05, 4.69) is 46.9 Å². The first-order chi connectivity index (χ1) is 7.13. The fourth-order valence-corrected chi connectivity index (χ4v) is 1.44. The molecule has 1 aromatic rings. The Labute approximate surface area is 99.5 Å². The Hall–Kier alpha value is -0.800. The summed E-state index contributed by atoms with van der Waals surface area (Å²) < 4.78 is 6.07. The molecule has 2 nitrogen and oxygen atoms in total. The monoisotopic (exact) mass is 269 g/mol. The van der Waals surface area contributed by atoms with Gasteiger partial charge in [-0.3, -0.25) is 0 Å². The number of hydrogen-bond donors (Lipinski definition) is 1. The van der Waals surface area contributed by atoms with Crippen molar-refractivity contribution in [2.24, 2.45) is 0 Å². The highest BCUT2D eigenvalue weighted by Crippen LogP contribution is 2.17. The minimum absolute atomic E-state index is 0.310. The first-order valence-corrected chi connectivity index (χ1v) is 5.63. The van der Waals surface area contributed by atoms with E-state index >= 15 is 0 Å². The van der Waals surface area contributed by atoms with Crippen LogP contribution >= 0.6 is 15.9 Å². The van der Waals surface area contributed by atoms with E-state index in [-0.39, 0.29) is 0 Å². The van der Waals surface area contributed by atoms with Crippen molar-refractivity contribution in [3.05, 3.63) is 40.9 Å². The summed E-state index contributed by atoms with van der Waals surface area (Å²) in [6.45, 7) is 6.68. The van der Waals surface area contributed by atoms with Gasteiger partial charge in [-0.2, -0.15) is 0 Å². The number of nitrogens with one attached hydrogen (secondary N) is 1. The molecule has 0 amide bonds. The lowest BCUT2D eigenvalue weighted by atomic mass is 10.1. The van der Waals surface area contributed by atoms with E-state index < -0.39 is 0 Å². The van der Waals surface area contributed by atoms with E-state index in [9.17, 15) is 0 Å². The summed E-state index contributed by atoms with van der Waals surface area (Å²) in [5, 5.41) is 3.35. The fraction of sp³-hybridized carbons (Fsp3) is 0.333. The van der Waals surface area contributed by atoms with E-state index in [1.165, 1.54) is 5.56 Å². The summed E-state index contributed by atoms with van der Waals surface area (Å²) in [6, 6.07) is 8.37. The van der Waals surface area contributed by atoms with Gasteiger partial charge in [0.15, 0.2) is 0 Å². The maximum atomic E-state index is 5.11. The standard InChI is InChI=1S/C12H16BrNO/c1-9(13)8-14-10(2)11-4-6-12(15-3)7-5-11/h4-7,10,14H,1,8H2,2-3H3/t10-/m0/s1. The van der Waals surface area contributed by atoms with Gasteiger partial charge in [-0.05, 0) is 24.6 Å². The van der Waals surface area contributed by atoms with Crippen molar-refractivity contribution < 1.29 is 4.74 Å². The van der Waals surface area contributed by atoms with Gasteiger partial charge >= 0.3 is 0 Å². The van der Waals surface area contributed by atoms with E-state index in [0.29, 0.717) is 6.04 Å². The summed E-state index contributed by atoms with van der Waals surface area (Å²) in [4.78, 5) is 0. The number of hydrogen-bond acceptors (Lipinski definition) is 2. The van der Waals surface area contributed by atoms with Gasteiger partial charge in [0.2, 0.25) is 0 Å². The third kappa shape index (κ3) is 4.06. The molecule has 82 valence electrons. The van der Waals surface area contributed by atoms with Gasteiger partial charge < -0.3 is 10.1 Å². The summed E-state index contributed by atoms with van der Waals surface area (Å²) in [7, 11) is 1.67. The van der Waals surface area contributed by atoms with E-state index in [0.717, 1.165) is 16.8 Å². The first kappa shape index (κ1) is 12.3. The molecular formula is C12H16BrNO. The first-order valence-electron chi connectivity index (χ1n) is 4.84. The molecule has 0 heterocycles. The van der Waals surface area contributed by atoms with Gasteiger partial charge in [0.25, 0.3) is 0 Å². The minimum atomic E-state index is 0.310. The van der Waals surface area contributed by atoms with Crippen LogP contribution < -0.4 is 10.1 Å². The van der Waals surface area contributed by atoms with Crippen LogP contribution in [0.1, 0.15) is 18.5 Å². The normalized spacial score (nSPS) is 12.2. The number of benzene rings is 1. The van der Waals surface area contributed by atoms with Crippen LogP contribution in [0.25, 0.3) is 0 Å². The summed E-state index contributed by atoms with van der Waals surface area (Å²) >= 11 is 3.32. The van der Waals surface area contributed by atoms with Gasteiger partial charge in [-0.1, -0.05) is 34.6 Å². The molecule has 0 saturated heterocycles. The van der Waals surface area contributed by atoms with Crippen LogP contribution in [-0.2, 0) is 0 Å². The van der Waals surface area contributed by atoms with Crippen LogP contribution in [0.5, 0.6) is 5.75 Å². The molecule has 1 N–H and O–H groups in total. The maximum Gasteiger partial charge on any atom is 0.118 e. The van der Waals surface area contributed by atoms with Gasteiger partial charge in [0.1, 0.15) is 5.75 Å². The van der Waals surface area contributed by atoms with Crippen molar-refractivity contribution in [2.45, 2.75) is 13.0 Å². The Morgan fingerprint density at radius 1 is 1.47 bits per heavy atom. The second kappa shape index (κ2) is 5.93. The van der Waals surface area contributed by atoms with Gasteiger partial charge in [-0.25, -0.2) is 0 Å². The average molecular weight is 270 g/mol. The Morgan fingerprint density at radius 2 is 2.07 bits per heavy atom. The third-order valence-corrected chi connectivity index (χ3v) is 2.50. The molecule has 0 aliphatic heterocycles. The van der Waals surface area contributed by atoms with Gasteiger partial charge in [0.05, 0.1) is 7.11 Å². The molecule has 0 fully saturated rings. The Kier molecular flexibility index (Phi) is 4.85. The lowest BCUT2D eigenvalue weighted by molar-refractivity contribution is 0.414. The van der Waals surface area contributed by atoms with Gasteiger partial charge in [0, 0.05) is 17.1 Å². The quantitative estimate of drug-likeness (QED) is 0.886. The van der Waals surface area contributed by atoms with Gasteiger partial charge in [-0.15, -0.1) is 0 Å². The summed E-state index contributed by atoms with van der Waals surface area (Å²) in [6.07, 6.45) is 0. The fourth-order valence-electron chi connectivity index (χ4n) is 1.27. The van der Waals surface area contributed by atoms with Crippen molar-refractivity contribution in [3.8, 4) is 5.75 Å². The second-order valence-corrected chi connectivity index (χ2v) is 4.51. The largest absolute Gasteiger partial charge is 0.497 e. The molecule has 1 atom stereocenters. The van der Waals surface area contributed by atoms with Crippen LogP contribution in [0.15, 0.2) is 35.3 Å². The van der Waals surface area contributed by atoms with Crippen molar-refractivity contribution in [3.63, 3.8) is 0 Å². The molecule has 0 saturated carbocycles. The second-order valence-electron chi connectivity index (χ2n) is 3.39. The number of methoxy groups -OCH3 is 1. The molecule has 0 aliphatic carbocycles. The average Bonchev–Trinajstić information content (AvgIpc) is 2.26. The smallest absolute Gasteiger partial charge is 0.118 e. The van der Waals surface area contributed by atoms with Crippen LogP contribution in [0, 0.1) is 0 Å². The maximum absolute atomic E-state index is 5.11. The summed E-state index contributed by atoms with van der Waals surface area (Å²) in [5.74, 6) is 0.885. The van der Waals surface area contributed by atoms with Crippen LogP contribution in [0.4, 0.5) is 0 Å². The van der Waals surface area contributed by atoms with E-state index in [4.69, 9.17) is 4.74 Å². The topological polar surface area (TPSA) is 21.3 Å². The summed E-state index contributed by atoms with van der Waals surface area (Å²) in [5.41, 5.74) is 1.24. The molecule has 15 heavy (non-hydrogen) atoms.